The van der Waals surface area contributed by atoms with E-state index in [9.17, 15) is 5.11 Å². The zero-order valence-corrected chi connectivity index (χ0v) is 13.6. The number of para-hydroxylation sites is 2. The molecule has 5 heteroatoms. The molecule has 0 aliphatic heterocycles. The van der Waals surface area contributed by atoms with Crippen LogP contribution in [0.4, 0.5) is 5.69 Å². The molecule has 3 aromatic rings. The second-order valence-electron chi connectivity index (χ2n) is 5.35. The Hall–Kier alpha value is -4.09. The topological polar surface area (TPSA) is 89.4 Å². The van der Waals surface area contributed by atoms with E-state index in [2.05, 4.69) is 4.99 Å². The minimum absolute atomic E-state index is 0.123. The molecule has 0 atom stereocenters. The molecule has 1 N–H and O–H groups in total. The zero-order chi connectivity index (χ0) is 18.4. The third-order valence-electron chi connectivity index (χ3n) is 3.58. The molecule has 0 spiro atoms. The van der Waals surface area contributed by atoms with Gasteiger partial charge in [-0.3, -0.25) is 4.99 Å². The first-order valence-corrected chi connectivity index (χ1v) is 7.74. The monoisotopic (exact) mass is 339 g/mol. The van der Waals surface area contributed by atoms with E-state index in [1.165, 1.54) is 6.07 Å². The van der Waals surface area contributed by atoms with Crippen molar-refractivity contribution < 1.29 is 9.84 Å². The summed E-state index contributed by atoms with van der Waals surface area (Å²) in [6.07, 6.45) is 1.65. The normalized spacial score (nSPS) is 10.2. The highest BCUT2D eigenvalue weighted by Crippen LogP contribution is 2.26. The second-order valence-corrected chi connectivity index (χ2v) is 5.35. The van der Waals surface area contributed by atoms with Crippen LogP contribution in [0.5, 0.6) is 17.2 Å². The fraction of sp³-hybridized carbons (Fsp3) is 0. The Labute approximate surface area is 150 Å². The van der Waals surface area contributed by atoms with Crippen molar-refractivity contribution in [2.45, 2.75) is 0 Å². The van der Waals surface area contributed by atoms with Gasteiger partial charge in [0, 0.05) is 6.21 Å². The SMILES string of the molecule is N#Cc1ccc(Oc2ccc(C=Nc3ccccc3O)cc2)cc1C#N. The lowest BCUT2D eigenvalue weighted by Gasteiger charge is -2.06. The van der Waals surface area contributed by atoms with Crippen molar-refractivity contribution in [2.75, 3.05) is 0 Å². The molecule has 3 rings (SSSR count). The number of ether oxygens (including phenoxy) is 1. The van der Waals surface area contributed by atoms with Gasteiger partial charge in [0.25, 0.3) is 0 Å². The van der Waals surface area contributed by atoms with Crippen LogP contribution in [0.25, 0.3) is 0 Å². The first-order valence-electron chi connectivity index (χ1n) is 7.74. The summed E-state index contributed by atoms with van der Waals surface area (Å²) in [5.74, 6) is 1.20. The Morgan fingerprint density at radius 2 is 1.54 bits per heavy atom. The van der Waals surface area contributed by atoms with E-state index in [0.717, 1.165) is 5.56 Å². The fourth-order valence-electron chi connectivity index (χ4n) is 2.25. The van der Waals surface area contributed by atoms with Crippen molar-refractivity contribution >= 4 is 11.9 Å². The van der Waals surface area contributed by atoms with Crippen LogP contribution in [0.3, 0.4) is 0 Å². The van der Waals surface area contributed by atoms with Crippen molar-refractivity contribution in [2.24, 2.45) is 4.99 Å². The van der Waals surface area contributed by atoms with Crippen molar-refractivity contribution in [1.29, 1.82) is 10.5 Å². The van der Waals surface area contributed by atoms with E-state index >= 15 is 0 Å². The summed E-state index contributed by atoms with van der Waals surface area (Å²) < 4.78 is 5.71. The summed E-state index contributed by atoms with van der Waals surface area (Å²) in [6, 6.07) is 22.7. The molecule has 26 heavy (non-hydrogen) atoms. The van der Waals surface area contributed by atoms with E-state index < -0.39 is 0 Å². The first-order chi connectivity index (χ1) is 12.7. The Balaban J connectivity index is 1.73. The van der Waals surface area contributed by atoms with Gasteiger partial charge in [0.05, 0.1) is 11.1 Å². The number of aliphatic imine (C=N–C) groups is 1. The number of benzene rings is 3. The van der Waals surface area contributed by atoms with Gasteiger partial charge in [-0.15, -0.1) is 0 Å². The van der Waals surface area contributed by atoms with Crippen molar-refractivity contribution in [3.63, 3.8) is 0 Å². The molecule has 0 fully saturated rings. The second kappa shape index (κ2) is 7.65. The number of nitriles is 2. The number of hydrogen-bond donors (Lipinski definition) is 1. The number of hydrogen-bond acceptors (Lipinski definition) is 5. The van der Waals surface area contributed by atoms with Crippen LogP contribution in [0.1, 0.15) is 16.7 Å². The standard InChI is InChI=1S/C21H13N3O2/c22-12-16-7-10-19(11-17(16)13-23)26-18-8-5-15(6-9-18)14-24-20-3-1-2-4-21(20)25/h1-11,14,25H. The number of aromatic hydroxyl groups is 1. The minimum Gasteiger partial charge on any atom is -0.506 e. The van der Waals surface area contributed by atoms with Crippen molar-refractivity contribution in [1.82, 2.24) is 0 Å². The van der Waals surface area contributed by atoms with Gasteiger partial charge in [-0.2, -0.15) is 10.5 Å². The molecule has 0 aromatic heterocycles. The maximum atomic E-state index is 9.70. The molecule has 0 aliphatic rings. The summed E-state index contributed by atoms with van der Waals surface area (Å²) in [5, 5.41) is 27.7. The molecule has 3 aromatic carbocycles. The minimum atomic E-state index is 0.123. The maximum Gasteiger partial charge on any atom is 0.141 e. The van der Waals surface area contributed by atoms with Crippen LogP contribution in [-0.2, 0) is 0 Å². The van der Waals surface area contributed by atoms with Crippen LogP contribution < -0.4 is 4.74 Å². The molecule has 5 nitrogen and oxygen atoms in total. The molecule has 0 saturated carbocycles. The summed E-state index contributed by atoms with van der Waals surface area (Å²) in [6.45, 7) is 0. The van der Waals surface area contributed by atoms with E-state index in [1.54, 1.807) is 54.7 Å². The van der Waals surface area contributed by atoms with E-state index in [1.807, 2.05) is 24.3 Å². The van der Waals surface area contributed by atoms with Gasteiger partial charge in [0.15, 0.2) is 0 Å². The Kier molecular flexibility index (Phi) is 4.93. The number of phenols is 1. The third kappa shape index (κ3) is 3.87. The largest absolute Gasteiger partial charge is 0.506 e. The van der Waals surface area contributed by atoms with Gasteiger partial charge >= 0.3 is 0 Å². The Morgan fingerprint density at radius 1 is 0.846 bits per heavy atom. The van der Waals surface area contributed by atoms with Crippen LogP contribution in [0.2, 0.25) is 0 Å². The first kappa shape index (κ1) is 16.8. The van der Waals surface area contributed by atoms with Gasteiger partial charge in [0.2, 0.25) is 0 Å². The lowest BCUT2D eigenvalue weighted by molar-refractivity contribution is 0.477. The Morgan fingerprint density at radius 3 is 2.23 bits per heavy atom. The molecule has 0 saturated heterocycles. The molecule has 0 amide bonds. The predicted molar refractivity (Wildman–Crippen MR) is 97.7 cm³/mol. The quantitative estimate of drug-likeness (QED) is 0.699. The number of phenolic OH excluding ortho intramolecular Hbond substituents is 1. The summed E-state index contributed by atoms with van der Waals surface area (Å²) >= 11 is 0. The van der Waals surface area contributed by atoms with Crippen molar-refractivity contribution in [3.05, 3.63) is 83.4 Å². The molecule has 0 unspecified atom stereocenters. The molecule has 0 radical (unpaired) electrons. The van der Waals surface area contributed by atoms with Crippen LogP contribution in [0.15, 0.2) is 71.7 Å². The molecule has 124 valence electrons. The average molecular weight is 339 g/mol. The summed E-state index contributed by atoms with van der Waals surface area (Å²) in [5.41, 5.74) is 1.93. The summed E-state index contributed by atoms with van der Waals surface area (Å²) in [7, 11) is 0. The lowest BCUT2D eigenvalue weighted by atomic mass is 10.1. The molecular weight excluding hydrogens is 326 g/mol. The van der Waals surface area contributed by atoms with Gasteiger partial charge in [-0.05, 0) is 60.2 Å². The molecule has 0 bridgehead atoms. The lowest BCUT2D eigenvalue weighted by Crippen LogP contribution is -1.89. The highest BCUT2D eigenvalue weighted by atomic mass is 16.5. The average Bonchev–Trinajstić information content (AvgIpc) is 2.68. The van der Waals surface area contributed by atoms with E-state index in [0.29, 0.717) is 22.7 Å². The highest BCUT2D eigenvalue weighted by molar-refractivity contribution is 5.82. The maximum absolute atomic E-state index is 9.70. The van der Waals surface area contributed by atoms with Crippen LogP contribution in [-0.4, -0.2) is 11.3 Å². The number of nitrogens with zero attached hydrogens (tertiary/aromatic N) is 3. The zero-order valence-electron chi connectivity index (χ0n) is 13.6. The highest BCUT2D eigenvalue weighted by Gasteiger charge is 2.05. The van der Waals surface area contributed by atoms with Crippen LogP contribution in [0, 0.1) is 22.7 Å². The smallest absolute Gasteiger partial charge is 0.141 e. The molecule has 0 aliphatic carbocycles. The predicted octanol–water partition coefficient (Wildman–Crippen LogP) is 4.68. The van der Waals surface area contributed by atoms with Crippen molar-refractivity contribution in [3.8, 4) is 29.4 Å². The van der Waals surface area contributed by atoms with Gasteiger partial charge in [-0.25, -0.2) is 0 Å². The fourth-order valence-corrected chi connectivity index (χ4v) is 2.25. The van der Waals surface area contributed by atoms with Crippen LogP contribution >= 0.6 is 0 Å². The van der Waals surface area contributed by atoms with Gasteiger partial charge in [0.1, 0.15) is 35.1 Å². The molecular formula is C21H13N3O2. The summed E-state index contributed by atoms with van der Waals surface area (Å²) in [4.78, 5) is 4.25. The van der Waals surface area contributed by atoms with Gasteiger partial charge in [-0.1, -0.05) is 12.1 Å². The van der Waals surface area contributed by atoms with E-state index in [4.69, 9.17) is 15.3 Å². The molecule has 0 heterocycles. The van der Waals surface area contributed by atoms with E-state index in [-0.39, 0.29) is 11.3 Å². The number of rotatable bonds is 4. The third-order valence-corrected chi connectivity index (χ3v) is 3.58. The Bertz CT molecular complexity index is 1040. The van der Waals surface area contributed by atoms with Gasteiger partial charge < -0.3 is 9.84 Å².